The fourth-order valence-corrected chi connectivity index (χ4v) is 3.31. The lowest BCUT2D eigenvalue weighted by Crippen LogP contribution is -2.70. The summed E-state index contributed by atoms with van der Waals surface area (Å²) in [7, 11) is 0. The van der Waals surface area contributed by atoms with Gasteiger partial charge >= 0.3 is 0 Å². The zero-order valence-electron chi connectivity index (χ0n) is 12.5. The number of H-pyrrole nitrogens is 2. The number of hydrogen-bond acceptors (Lipinski definition) is 5. The summed E-state index contributed by atoms with van der Waals surface area (Å²) < 4.78 is 5.56. The molecule has 4 atom stereocenters. The summed E-state index contributed by atoms with van der Waals surface area (Å²) in [5.74, 6) is -0.394. The summed E-state index contributed by atoms with van der Waals surface area (Å²) in [6.07, 6.45) is 0.546. The number of fused-ring (bicyclic) bond motifs is 1. The summed E-state index contributed by atoms with van der Waals surface area (Å²) in [6.45, 7) is 2.02. The van der Waals surface area contributed by atoms with E-state index >= 15 is 0 Å². The Morgan fingerprint density at radius 3 is 2.78 bits per heavy atom. The van der Waals surface area contributed by atoms with Crippen LogP contribution in [0.1, 0.15) is 18.9 Å². The molecule has 1 aliphatic heterocycles. The summed E-state index contributed by atoms with van der Waals surface area (Å²) in [4.78, 5) is 46.2. The highest BCUT2D eigenvalue weighted by atomic mass is 16.5. The summed E-state index contributed by atoms with van der Waals surface area (Å²) in [5, 5.41) is 9.95. The fourth-order valence-electron chi connectivity index (χ4n) is 3.31. The molecule has 2 fully saturated rings. The van der Waals surface area contributed by atoms with Gasteiger partial charge in [0.2, 0.25) is 11.8 Å². The molecular weight excluding hydrogens is 304 g/mol. The summed E-state index contributed by atoms with van der Waals surface area (Å²) >= 11 is 0. The van der Waals surface area contributed by atoms with Gasteiger partial charge in [-0.2, -0.15) is 0 Å². The van der Waals surface area contributed by atoms with Crippen molar-refractivity contribution in [2.75, 3.05) is 6.61 Å². The van der Waals surface area contributed by atoms with Crippen LogP contribution in [-0.2, 0) is 20.7 Å². The Labute approximate surface area is 130 Å². The van der Waals surface area contributed by atoms with E-state index in [-0.39, 0.29) is 47.9 Å². The van der Waals surface area contributed by atoms with E-state index in [1.54, 1.807) is 0 Å². The molecule has 2 aliphatic rings. The Balaban J connectivity index is 1.66. The predicted molar refractivity (Wildman–Crippen MR) is 78.8 cm³/mol. The van der Waals surface area contributed by atoms with Gasteiger partial charge in [0.25, 0.3) is 11.1 Å². The predicted octanol–water partition coefficient (Wildman–Crippen LogP) is -1.99. The van der Waals surface area contributed by atoms with E-state index in [1.165, 1.54) is 6.92 Å². The minimum atomic E-state index is -0.506. The van der Waals surface area contributed by atoms with E-state index in [4.69, 9.17) is 4.74 Å². The Bertz CT molecular complexity index is 739. The second-order valence-electron chi connectivity index (χ2n) is 5.90. The number of hydrogen-bond donors (Lipinski definition) is 4. The van der Waals surface area contributed by atoms with Gasteiger partial charge in [0.05, 0.1) is 24.6 Å². The summed E-state index contributed by atoms with van der Waals surface area (Å²) in [6, 6.07) is 0.618. The molecule has 0 aromatic carbocycles. The third-order valence-electron chi connectivity index (χ3n) is 4.33. The third-order valence-corrected chi connectivity index (χ3v) is 4.33. The van der Waals surface area contributed by atoms with Crippen LogP contribution in [0.5, 0.6) is 0 Å². The minimum absolute atomic E-state index is 0.0767. The van der Waals surface area contributed by atoms with Crippen molar-refractivity contribution in [2.24, 2.45) is 5.92 Å². The molecule has 1 saturated heterocycles. The van der Waals surface area contributed by atoms with E-state index < -0.39 is 11.1 Å². The number of rotatable bonds is 4. The van der Waals surface area contributed by atoms with Gasteiger partial charge in [-0.15, -0.1) is 0 Å². The lowest BCUT2D eigenvalue weighted by Gasteiger charge is -2.47. The second-order valence-corrected chi connectivity index (χ2v) is 5.90. The van der Waals surface area contributed by atoms with E-state index in [0.717, 1.165) is 12.5 Å². The molecule has 0 radical (unpaired) electrons. The van der Waals surface area contributed by atoms with Crippen LogP contribution in [0.15, 0.2) is 15.7 Å². The zero-order chi connectivity index (χ0) is 16.6. The average Bonchev–Trinajstić information content (AvgIpc) is 2.91. The molecule has 9 nitrogen and oxygen atoms in total. The molecule has 1 aliphatic carbocycles. The van der Waals surface area contributed by atoms with E-state index in [1.807, 2.05) is 0 Å². The van der Waals surface area contributed by atoms with Crippen molar-refractivity contribution in [2.45, 2.75) is 38.0 Å². The number of aromatic nitrogens is 2. The zero-order valence-corrected chi connectivity index (χ0v) is 12.5. The molecular formula is C14H18N4O5. The standard InChI is InChI=1S/C14H18N4O5/c1-6(19)15-12-11(8-2-3-23-13(8)12)16-9(20)4-7-5-10(21)17-18-14(7)22/h5,8,11-13H,2-4H2,1H3,(H,15,19)(H,16,20)(H,17,21)(H,18,22)/t8-,11+,12-,13-/m1/s1. The molecule has 3 rings (SSSR count). The molecule has 2 amide bonds. The topological polar surface area (TPSA) is 133 Å². The van der Waals surface area contributed by atoms with Crippen molar-refractivity contribution >= 4 is 11.8 Å². The normalized spacial score (nSPS) is 28.6. The van der Waals surface area contributed by atoms with Gasteiger partial charge < -0.3 is 15.4 Å². The molecule has 0 bridgehead atoms. The van der Waals surface area contributed by atoms with Gasteiger partial charge in [-0.1, -0.05) is 0 Å². The maximum Gasteiger partial charge on any atom is 0.266 e. The molecule has 23 heavy (non-hydrogen) atoms. The van der Waals surface area contributed by atoms with Crippen molar-refractivity contribution in [1.29, 1.82) is 0 Å². The van der Waals surface area contributed by atoms with Gasteiger partial charge in [-0.3, -0.25) is 29.4 Å². The first-order valence-corrected chi connectivity index (χ1v) is 7.44. The van der Waals surface area contributed by atoms with E-state index in [9.17, 15) is 19.2 Å². The van der Waals surface area contributed by atoms with Crippen LogP contribution in [-0.4, -0.2) is 46.8 Å². The smallest absolute Gasteiger partial charge is 0.266 e. The number of aromatic amines is 2. The average molecular weight is 322 g/mol. The fraction of sp³-hybridized carbons (Fsp3) is 0.571. The van der Waals surface area contributed by atoms with Crippen molar-refractivity contribution in [3.8, 4) is 0 Å². The van der Waals surface area contributed by atoms with Gasteiger partial charge in [-0.05, 0) is 6.42 Å². The van der Waals surface area contributed by atoms with Crippen molar-refractivity contribution in [3.05, 3.63) is 32.3 Å². The quantitative estimate of drug-likeness (QED) is 0.509. The lowest BCUT2D eigenvalue weighted by molar-refractivity contribution is -0.129. The maximum absolute atomic E-state index is 12.2. The molecule has 2 heterocycles. The number of amides is 2. The van der Waals surface area contributed by atoms with Crippen LogP contribution < -0.4 is 21.8 Å². The van der Waals surface area contributed by atoms with Crippen LogP contribution in [0.4, 0.5) is 0 Å². The van der Waals surface area contributed by atoms with Crippen molar-refractivity contribution in [3.63, 3.8) is 0 Å². The number of carbonyl (C=O) groups is 2. The Hall–Kier alpha value is -2.42. The van der Waals surface area contributed by atoms with Crippen LogP contribution in [0.2, 0.25) is 0 Å². The molecule has 0 unspecified atom stereocenters. The van der Waals surface area contributed by atoms with Crippen molar-refractivity contribution in [1.82, 2.24) is 20.8 Å². The first-order chi connectivity index (χ1) is 11.0. The Morgan fingerprint density at radius 1 is 1.26 bits per heavy atom. The van der Waals surface area contributed by atoms with E-state index in [0.29, 0.717) is 6.61 Å². The molecule has 1 aromatic heterocycles. The molecule has 1 aromatic rings. The van der Waals surface area contributed by atoms with Crippen LogP contribution >= 0.6 is 0 Å². The molecule has 1 saturated carbocycles. The highest BCUT2D eigenvalue weighted by Crippen LogP contribution is 2.39. The van der Waals surface area contributed by atoms with Gasteiger partial charge in [0, 0.05) is 31.1 Å². The van der Waals surface area contributed by atoms with Crippen molar-refractivity contribution < 1.29 is 14.3 Å². The minimum Gasteiger partial charge on any atom is -0.376 e. The van der Waals surface area contributed by atoms with Gasteiger partial charge in [-0.25, -0.2) is 0 Å². The van der Waals surface area contributed by atoms with Gasteiger partial charge in [0.1, 0.15) is 0 Å². The monoisotopic (exact) mass is 322 g/mol. The molecule has 9 heteroatoms. The molecule has 4 N–H and O–H groups in total. The highest BCUT2D eigenvalue weighted by molar-refractivity contribution is 5.79. The molecule has 124 valence electrons. The first kappa shape index (κ1) is 15.5. The Kier molecular flexibility index (Phi) is 4.03. The second kappa shape index (κ2) is 5.99. The SMILES string of the molecule is CC(=O)N[C@@H]1[C@@H](NC(=O)Cc2cc(=O)[nH][nH]c2=O)[C@H]2CCO[C@H]21. The summed E-state index contributed by atoms with van der Waals surface area (Å²) in [5.41, 5.74) is -0.883. The van der Waals surface area contributed by atoms with Crippen LogP contribution in [0.25, 0.3) is 0 Å². The maximum atomic E-state index is 12.2. The van der Waals surface area contributed by atoms with E-state index in [2.05, 4.69) is 20.8 Å². The largest absolute Gasteiger partial charge is 0.376 e. The number of ether oxygens (including phenoxy) is 1. The molecule has 0 spiro atoms. The van der Waals surface area contributed by atoms with Crippen LogP contribution in [0.3, 0.4) is 0 Å². The lowest BCUT2D eigenvalue weighted by atomic mass is 9.71. The van der Waals surface area contributed by atoms with Crippen LogP contribution in [0, 0.1) is 5.92 Å². The Morgan fingerprint density at radius 2 is 2.04 bits per heavy atom. The first-order valence-electron chi connectivity index (χ1n) is 7.44. The highest BCUT2D eigenvalue weighted by Gasteiger charge is 2.54. The van der Waals surface area contributed by atoms with Gasteiger partial charge in [0.15, 0.2) is 0 Å². The third kappa shape index (κ3) is 3.04. The number of carbonyl (C=O) groups excluding carboxylic acids is 2. The number of nitrogens with one attached hydrogen (secondary N) is 4.